The summed E-state index contributed by atoms with van der Waals surface area (Å²) in [7, 11) is 4.25. The first-order valence-corrected chi connectivity index (χ1v) is 6.45. The van der Waals surface area contributed by atoms with E-state index in [0.29, 0.717) is 6.04 Å². The molecule has 15 heavy (non-hydrogen) atoms. The minimum Gasteiger partial charge on any atom is -0.309 e. The summed E-state index contributed by atoms with van der Waals surface area (Å²) in [5.41, 5.74) is 1.46. The molecule has 1 heterocycles. The topological polar surface area (TPSA) is 15.3 Å². The van der Waals surface area contributed by atoms with Crippen LogP contribution in [-0.2, 0) is 0 Å². The lowest BCUT2D eigenvalue weighted by Gasteiger charge is -2.22. The monoisotopic (exact) mass is 226 g/mol. The molecule has 0 aliphatic rings. The molecule has 0 radical (unpaired) electrons. The summed E-state index contributed by atoms with van der Waals surface area (Å²) in [5, 5.41) is 5.79. The maximum atomic E-state index is 3.61. The third kappa shape index (κ3) is 3.93. The fourth-order valence-corrected chi connectivity index (χ4v) is 2.48. The van der Waals surface area contributed by atoms with Gasteiger partial charge in [-0.1, -0.05) is 6.92 Å². The van der Waals surface area contributed by atoms with Crippen molar-refractivity contribution in [2.45, 2.75) is 26.3 Å². The summed E-state index contributed by atoms with van der Waals surface area (Å²) >= 11 is 1.83. The molecule has 2 nitrogen and oxygen atoms in total. The Kier molecular flexibility index (Phi) is 5.29. The highest BCUT2D eigenvalue weighted by Gasteiger charge is 2.14. The fraction of sp³-hybridized carbons (Fsp3) is 0.667. The number of hydrogen-bond donors (Lipinski definition) is 1. The van der Waals surface area contributed by atoms with E-state index in [1.54, 1.807) is 0 Å². The van der Waals surface area contributed by atoms with Crippen LogP contribution in [-0.4, -0.2) is 32.1 Å². The van der Waals surface area contributed by atoms with Gasteiger partial charge in [0.25, 0.3) is 0 Å². The van der Waals surface area contributed by atoms with Gasteiger partial charge in [0.2, 0.25) is 0 Å². The molecule has 0 aliphatic carbocycles. The first kappa shape index (κ1) is 12.7. The lowest BCUT2D eigenvalue weighted by atomic mass is 10.1. The van der Waals surface area contributed by atoms with Crippen LogP contribution in [0, 0.1) is 6.92 Å². The third-order valence-corrected chi connectivity index (χ3v) is 3.32. The normalized spacial score (nSPS) is 13.4. The molecule has 1 aromatic rings. The standard InChI is InChI=1S/C12H22N2S/c1-5-7-13-12(9-14(3)4)11-6-8-15-10(11)2/h6,8,12-13H,5,7,9H2,1-4H3. The van der Waals surface area contributed by atoms with Crippen LogP contribution in [0.25, 0.3) is 0 Å². The second-order valence-corrected chi connectivity index (χ2v) is 5.32. The van der Waals surface area contributed by atoms with Crippen LogP contribution in [0.5, 0.6) is 0 Å². The third-order valence-electron chi connectivity index (χ3n) is 2.46. The number of aryl methyl sites for hydroxylation is 1. The second kappa shape index (κ2) is 6.26. The van der Waals surface area contributed by atoms with E-state index in [0.717, 1.165) is 13.1 Å². The predicted molar refractivity (Wildman–Crippen MR) is 68.6 cm³/mol. The molecule has 0 amide bonds. The van der Waals surface area contributed by atoms with Gasteiger partial charge in [-0.2, -0.15) is 0 Å². The van der Waals surface area contributed by atoms with Crippen LogP contribution in [0.1, 0.15) is 29.8 Å². The molecular weight excluding hydrogens is 204 g/mol. The molecule has 0 saturated carbocycles. The SMILES string of the molecule is CCCNC(CN(C)C)c1ccsc1C. The molecule has 1 atom stereocenters. The summed E-state index contributed by atoms with van der Waals surface area (Å²) in [6, 6.07) is 2.72. The molecule has 3 heteroatoms. The Morgan fingerprint density at radius 2 is 2.20 bits per heavy atom. The van der Waals surface area contributed by atoms with Crippen molar-refractivity contribution in [2.24, 2.45) is 0 Å². The van der Waals surface area contributed by atoms with Crippen LogP contribution in [0.2, 0.25) is 0 Å². The highest BCUT2D eigenvalue weighted by molar-refractivity contribution is 7.10. The number of likely N-dealkylation sites (N-methyl/N-ethyl adjacent to an activating group) is 1. The molecule has 0 aliphatic heterocycles. The van der Waals surface area contributed by atoms with Crippen molar-refractivity contribution in [3.05, 3.63) is 21.9 Å². The maximum absolute atomic E-state index is 3.61. The molecule has 0 fully saturated rings. The van der Waals surface area contributed by atoms with Gasteiger partial charge >= 0.3 is 0 Å². The number of nitrogens with zero attached hydrogens (tertiary/aromatic N) is 1. The zero-order valence-electron chi connectivity index (χ0n) is 10.2. The summed E-state index contributed by atoms with van der Waals surface area (Å²) < 4.78 is 0. The van der Waals surface area contributed by atoms with Crippen molar-refractivity contribution in [2.75, 3.05) is 27.2 Å². The van der Waals surface area contributed by atoms with Gasteiger partial charge in [0.1, 0.15) is 0 Å². The largest absolute Gasteiger partial charge is 0.309 e. The van der Waals surface area contributed by atoms with Gasteiger partial charge in [-0.3, -0.25) is 0 Å². The van der Waals surface area contributed by atoms with Crippen molar-refractivity contribution in [1.29, 1.82) is 0 Å². The van der Waals surface area contributed by atoms with E-state index in [1.807, 2.05) is 11.3 Å². The van der Waals surface area contributed by atoms with E-state index in [1.165, 1.54) is 16.9 Å². The van der Waals surface area contributed by atoms with Crippen molar-refractivity contribution < 1.29 is 0 Å². The van der Waals surface area contributed by atoms with Crippen molar-refractivity contribution >= 4 is 11.3 Å². The van der Waals surface area contributed by atoms with Gasteiger partial charge in [-0.15, -0.1) is 11.3 Å². The van der Waals surface area contributed by atoms with E-state index in [9.17, 15) is 0 Å². The van der Waals surface area contributed by atoms with Crippen LogP contribution < -0.4 is 5.32 Å². The number of hydrogen-bond acceptors (Lipinski definition) is 3. The Balaban J connectivity index is 2.67. The smallest absolute Gasteiger partial charge is 0.0460 e. The molecule has 86 valence electrons. The highest BCUT2D eigenvalue weighted by Crippen LogP contribution is 2.23. The lowest BCUT2D eigenvalue weighted by Crippen LogP contribution is -2.31. The van der Waals surface area contributed by atoms with Crippen LogP contribution in [0.3, 0.4) is 0 Å². The first-order chi connectivity index (χ1) is 7.15. The Hall–Kier alpha value is -0.380. The van der Waals surface area contributed by atoms with Crippen LogP contribution in [0.4, 0.5) is 0 Å². The number of nitrogens with one attached hydrogen (secondary N) is 1. The number of thiophene rings is 1. The van der Waals surface area contributed by atoms with Crippen molar-refractivity contribution in [1.82, 2.24) is 10.2 Å². The van der Waals surface area contributed by atoms with Crippen LogP contribution in [0.15, 0.2) is 11.4 Å². The Bertz CT molecular complexity index is 281. The highest BCUT2D eigenvalue weighted by atomic mass is 32.1. The van der Waals surface area contributed by atoms with Gasteiger partial charge in [0.15, 0.2) is 0 Å². The average molecular weight is 226 g/mol. The summed E-state index contributed by atoms with van der Waals surface area (Å²) in [6.07, 6.45) is 1.19. The quantitative estimate of drug-likeness (QED) is 0.802. The molecule has 0 bridgehead atoms. The number of rotatable bonds is 6. The molecule has 0 aromatic carbocycles. The summed E-state index contributed by atoms with van der Waals surface area (Å²) in [5.74, 6) is 0. The lowest BCUT2D eigenvalue weighted by molar-refractivity contribution is 0.342. The van der Waals surface area contributed by atoms with E-state index < -0.39 is 0 Å². The molecule has 1 rings (SSSR count). The van der Waals surface area contributed by atoms with Gasteiger partial charge in [0.05, 0.1) is 0 Å². The van der Waals surface area contributed by atoms with Crippen LogP contribution >= 0.6 is 11.3 Å². The van der Waals surface area contributed by atoms with Crippen molar-refractivity contribution in [3.8, 4) is 0 Å². The van der Waals surface area contributed by atoms with Gasteiger partial charge in [0, 0.05) is 17.5 Å². The predicted octanol–water partition coefficient (Wildman–Crippen LogP) is 2.66. The van der Waals surface area contributed by atoms with Gasteiger partial charge in [-0.25, -0.2) is 0 Å². The molecule has 1 N–H and O–H groups in total. The zero-order valence-corrected chi connectivity index (χ0v) is 11.0. The molecule has 1 aromatic heterocycles. The minimum absolute atomic E-state index is 0.478. The van der Waals surface area contributed by atoms with E-state index in [-0.39, 0.29) is 0 Å². The van der Waals surface area contributed by atoms with Gasteiger partial charge < -0.3 is 10.2 Å². The fourth-order valence-electron chi connectivity index (χ4n) is 1.71. The minimum atomic E-state index is 0.478. The van der Waals surface area contributed by atoms with E-state index >= 15 is 0 Å². The molecule has 1 unspecified atom stereocenters. The first-order valence-electron chi connectivity index (χ1n) is 5.57. The van der Waals surface area contributed by atoms with E-state index in [2.05, 4.69) is 49.6 Å². The Labute approximate surface area is 97.3 Å². The van der Waals surface area contributed by atoms with Crippen molar-refractivity contribution in [3.63, 3.8) is 0 Å². The second-order valence-electron chi connectivity index (χ2n) is 4.20. The zero-order chi connectivity index (χ0) is 11.3. The molecule has 0 spiro atoms. The average Bonchev–Trinajstić information content (AvgIpc) is 2.58. The van der Waals surface area contributed by atoms with E-state index in [4.69, 9.17) is 0 Å². The Morgan fingerprint density at radius 3 is 2.67 bits per heavy atom. The Morgan fingerprint density at radius 1 is 1.47 bits per heavy atom. The summed E-state index contributed by atoms with van der Waals surface area (Å²) in [4.78, 5) is 3.68. The summed E-state index contributed by atoms with van der Waals surface area (Å²) in [6.45, 7) is 6.57. The van der Waals surface area contributed by atoms with Gasteiger partial charge in [-0.05, 0) is 51.0 Å². The maximum Gasteiger partial charge on any atom is 0.0460 e. The molecule has 0 saturated heterocycles. The molecular formula is C12H22N2S.